The maximum Gasteiger partial charge on any atom is 0.269 e. The molecule has 0 bridgehead atoms. The molecule has 0 saturated carbocycles. The molecule has 1 fully saturated rings. The number of nitrogens with zero attached hydrogens (tertiary/aromatic N) is 1. The topological polar surface area (TPSA) is 105 Å². The molecule has 33 heavy (non-hydrogen) atoms. The number of ether oxygens (including phenoxy) is 1. The van der Waals surface area contributed by atoms with Crippen LogP contribution in [0.15, 0.2) is 65.6 Å². The number of hydrogen-bond donors (Lipinski definition) is 2. The Labute approximate surface area is 190 Å². The molecule has 1 aliphatic rings. The summed E-state index contributed by atoms with van der Waals surface area (Å²) in [7, 11) is -4.13. The van der Waals surface area contributed by atoms with Gasteiger partial charge in [-0.15, -0.1) is 0 Å². The Kier molecular flexibility index (Phi) is 6.68. The quantitative estimate of drug-likeness (QED) is 0.554. The molecule has 10 heteroatoms. The summed E-state index contributed by atoms with van der Waals surface area (Å²) >= 11 is 0. The Morgan fingerprint density at radius 3 is 2.48 bits per heavy atom. The minimum atomic E-state index is -4.13. The van der Waals surface area contributed by atoms with Crippen molar-refractivity contribution in [2.24, 2.45) is 0 Å². The predicted octanol–water partition coefficient (Wildman–Crippen LogP) is 2.00. The van der Waals surface area contributed by atoms with E-state index in [1.165, 1.54) is 0 Å². The van der Waals surface area contributed by atoms with Crippen molar-refractivity contribution in [3.63, 3.8) is 0 Å². The van der Waals surface area contributed by atoms with Gasteiger partial charge in [-0.05, 0) is 34.5 Å². The summed E-state index contributed by atoms with van der Waals surface area (Å²) < 4.78 is 46.2. The first-order valence-corrected chi connectivity index (χ1v) is 11.7. The van der Waals surface area contributed by atoms with Crippen LogP contribution in [-0.4, -0.2) is 50.8 Å². The van der Waals surface area contributed by atoms with E-state index in [4.69, 9.17) is 4.74 Å². The number of hydrogen-bond acceptors (Lipinski definition) is 5. The van der Waals surface area contributed by atoms with Crippen LogP contribution in [0.3, 0.4) is 0 Å². The van der Waals surface area contributed by atoms with E-state index in [0.29, 0.717) is 0 Å². The molecule has 1 aliphatic heterocycles. The van der Waals surface area contributed by atoms with Gasteiger partial charge >= 0.3 is 0 Å². The van der Waals surface area contributed by atoms with Crippen LogP contribution < -0.4 is 10.9 Å². The van der Waals surface area contributed by atoms with Crippen LogP contribution >= 0.6 is 0 Å². The number of fused-ring (bicyclic) bond motifs is 1. The molecule has 3 aromatic carbocycles. The standard InChI is InChI=1S/C23H22FN3O5S/c24-20-9-8-18(14-21(20)33(30,31)27-10-12-32-13-11-27)23(29)26-25-22(28)15-17-6-3-5-16-4-1-2-7-19(16)17/h1-9,14H,10-13,15H2,(H,25,28)(H,26,29). The van der Waals surface area contributed by atoms with Gasteiger partial charge in [-0.3, -0.25) is 20.4 Å². The second-order valence-electron chi connectivity index (χ2n) is 7.48. The predicted molar refractivity (Wildman–Crippen MR) is 119 cm³/mol. The van der Waals surface area contributed by atoms with Crippen LogP contribution in [0.1, 0.15) is 15.9 Å². The Morgan fingerprint density at radius 1 is 0.970 bits per heavy atom. The van der Waals surface area contributed by atoms with Crippen molar-refractivity contribution in [3.05, 3.63) is 77.6 Å². The lowest BCUT2D eigenvalue weighted by atomic mass is 10.0. The van der Waals surface area contributed by atoms with Crippen molar-refractivity contribution in [1.82, 2.24) is 15.2 Å². The van der Waals surface area contributed by atoms with Gasteiger partial charge in [0.25, 0.3) is 5.91 Å². The van der Waals surface area contributed by atoms with Crippen molar-refractivity contribution < 1.29 is 27.1 Å². The van der Waals surface area contributed by atoms with Crippen LogP contribution in [0.4, 0.5) is 4.39 Å². The molecule has 0 atom stereocenters. The van der Waals surface area contributed by atoms with Gasteiger partial charge in [-0.1, -0.05) is 42.5 Å². The van der Waals surface area contributed by atoms with E-state index >= 15 is 0 Å². The van der Waals surface area contributed by atoms with Crippen molar-refractivity contribution in [3.8, 4) is 0 Å². The van der Waals surface area contributed by atoms with E-state index in [-0.39, 0.29) is 38.3 Å². The largest absolute Gasteiger partial charge is 0.379 e. The number of sulfonamides is 1. The number of rotatable bonds is 5. The Hall–Kier alpha value is -3.34. The summed E-state index contributed by atoms with van der Waals surface area (Å²) in [4.78, 5) is 24.3. The van der Waals surface area contributed by atoms with Crippen molar-refractivity contribution in [2.45, 2.75) is 11.3 Å². The summed E-state index contributed by atoms with van der Waals surface area (Å²) in [5.74, 6) is -2.18. The van der Waals surface area contributed by atoms with Crippen LogP contribution in [0, 0.1) is 5.82 Å². The lowest BCUT2D eigenvalue weighted by Gasteiger charge is -2.26. The Morgan fingerprint density at radius 2 is 1.70 bits per heavy atom. The van der Waals surface area contributed by atoms with Gasteiger partial charge in [-0.25, -0.2) is 12.8 Å². The maximum atomic E-state index is 14.3. The average molecular weight is 472 g/mol. The van der Waals surface area contributed by atoms with Crippen LogP contribution in [0.5, 0.6) is 0 Å². The highest BCUT2D eigenvalue weighted by atomic mass is 32.2. The summed E-state index contributed by atoms with van der Waals surface area (Å²) in [6.45, 7) is 0.623. The van der Waals surface area contributed by atoms with Crippen LogP contribution in [-0.2, 0) is 26.0 Å². The van der Waals surface area contributed by atoms with Gasteiger partial charge in [-0.2, -0.15) is 4.31 Å². The van der Waals surface area contributed by atoms with Crippen molar-refractivity contribution in [2.75, 3.05) is 26.3 Å². The molecule has 3 aromatic rings. The van der Waals surface area contributed by atoms with Gasteiger partial charge in [0.05, 0.1) is 19.6 Å². The molecule has 0 unspecified atom stereocenters. The van der Waals surface area contributed by atoms with E-state index in [2.05, 4.69) is 10.9 Å². The third-order valence-electron chi connectivity index (χ3n) is 5.33. The SMILES string of the molecule is O=C(Cc1cccc2ccccc12)NNC(=O)c1ccc(F)c(S(=O)(=O)N2CCOCC2)c1. The second-order valence-corrected chi connectivity index (χ2v) is 9.39. The number of benzene rings is 3. The van der Waals surface area contributed by atoms with E-state index < -0.39 is 32.6 Å². The van der Waals surface area contributed by atoms with Crippen LogP contribution in [0.2, 0.25) is 0 Å². The minimum absolute atomic E-state index is 0.0295. The molecule has 0 spiro atoms. The van der Waals surface area contributed by atoms with Gasteiger partial charge in [0, 0.05) is 18.7 Å². The number of nitrogens with one attached hydrogen (secondary N) is 2. The Balaban J connectivity index is 1.44. The fourth-order valence-electron chi connectivity index (χ4n) is 3.63. The summed E-state index contributed by atoms with van der Waals surface area (Å²) in [6, 6.07) is 16.3. The molecular weight excluding hydrogens is 449 g/mol. The first kappa shape index (κ1) is 22.8. The third-order valence-corrected chi connectivity index (χ3v) is 7.24. The zero-order valence-corrected chi connectivity index (χ0v) is 18.4. The van der Waals surface area contributed by atoms with E-state index in [9.17, 15) is 22.4 Å². The molecule has 2 N–H and O–H groups in total. The van der Waals surface area contributed by atoms with E-state index in [0.717, 1.165) is 38.8 Å². The van der Waals surface area contributed by atoms with E-state index in [1.807, 2.05) is 42.5 Å². The summed E-state index contributed by atoms with van der Waals surface area (Å²) in [6.07, 6.45) is 0.0295. The number of carbonyl (C=O) groups is 2. The number of morpholine rings is 1. The molecule has 4 rings (SSSR count). The van der Waals surface area contributed by atoms with Gasteiger partial charge in [0.2, 0.25) is 15.9 Å². The fourth-order valence-corrected chi connectivity index (χ4v) is 5.13. The molecule has 8 nitrogen and oxygen atoms in total. The minimum Gasteiger partial charge on any atom is -0.379 e. The normalized spacial score (nSPS) is 14.7. The Bertz CT molecular complexity index is 1300. The second kappa shape index (κ2) is 9.65. The maximum absolute atomic E-state index is 14.3. The van der Waals surface area contributed by atoms with Crippen molar-refractivity contribution >= 4 is 32.6 Å². The summed E-state index contributed by atoms with van der Waals surface area (Å²) in [5, 5.41) is 1.92. The van der Waals surface area contributed by atoms with Gasteiger partial charge in [0.15, 0.2) is 0 Å². The highest BCUT2D eigenvalue weighted by Crippen LogP contribution is 2.22. The fraction of sp³-hybridized carbons (Fsp3) is 0.217. The highest BCUT2D eigenvalue weighted by molar-refractivity contribution is 7.89. The molecular formula is C23H22FN3O5S. The lowest BCUT2D eigenvalue weighted by Crippen LogP contribution is -2.43. The molecule has 0 aromatic heterocycles. The first-order chi connectivity index (χ1) is 15.9. The third kappa shape index (κ3) is 5.03. The number of amides is 2. The van der Waals surface area contributed by atoms with Crippen LogP contribution in [0.25, 0.3) is 10.8 Å². The van der Waals surface area contributed by atoms with Crippen molar-refractivity contribution in [1.29, 1.82) is 0 Å². The smallest absolute Gasteiger partial charge is 0.269 e. The first-order valence-electron chi connectivity index (χ1n) is 10.3. The number of halogens is 1. The zero-order chi connectivity index (χ0) is 23.4. The van der Waals surface area contributed by atoms with Gasteiger partial charge in [0.1, 0.15) is 10.7 Å². The monoisotopic (exact) mass is 471 g/mol. The number of carbonyl (C=O) groups excluding carboxylic acids is 2. The molecule has 2 amide bonds. The molecule has 0 aliphatic carbocycles. The van der Waals surface area contributed by atoms with E-state index in [1.54, 1.807) is 0 Å². The molecule has 1 heterocycles. The summed E-state index contributed by atoms with van der Waals surface area (Å²) in [5.41, 5.74) is 5.27. The zero-order valence-electron chi connectivity index (χ0n) is 17.6. The lowest BCUT2D eigenvalue weighted by molar-refractivity contribution is -0.121. The molecule has 0 radical (unpaired) electrons. The average Bonchev–Trinajstić information content (AvgIpc) is 2.83. The molecule has 1 saturated heterocycles. The number of hydrazine groups is 1. The highest BCUT2D eigenvalue weighted by Gasteiger charge is 2.29. The molecule has 172 valence electrons. The van der Waals surface area contributed by atoms with Gasteiger partial charge < -0.3 is 4.74 Å².